The summed E-state index contributed by atoms with van der Waals surface area (Å²) in [4.78, 5) is 24.6. The maximum atomic E-state index is 12.5. The van der Waals surface area contributed by atoms with Gasteiger partial charge in [-0.05, 0) is 23.0 Å². The number of carboxylic acid groups (broad SMARTS) is 1. The third-order valence-electron chi connectivity index (χ3n) is 7.19. The predicted molar refractivity (Wildman–Crippen MR) is 137 cm³/mol. The maximum Gasteiger partial charge on any atom is 0.321 e. The van der Waals surface area contributed by atoms with Gasteiger partial charge in [0.2, 0.25) is 6.04 Å². The van der Waals surface area contributed by atoms with E-state index in [9.17, 15) is 20.0 Å². The van der Waals surface area contributed by atoms with Crippen molar-refractivity contribution in [3.05, 3.63) is 81.9 Å². The van der Waals surface area contributed by atoms with Crippen molar-refractivity contribution in [3.8, 4) is 0 Å². The van der Waals surface area contributed by atoms with Crippen LogP contribution in [0, 0.1) is 27.9 Å². The minimum atomic E-state index is -1.18. The average Bonchev–Trinajstić information content (AvgIpc) is 3.26. The Hall–Kier alpha value is -2.81. The highest BCUT2D eigenvalue weighted by Crippen LogP contribution is 2.37. The monoisotopic (exact) mass is 498 g/mol. The lowest BCUT2D eigenvalue weighted by Gasteiger charge is -2.33. The van der Waals surface area contributed by atoms with Crippen molar-refractivity contribution in [2.24, 2.45) is 17.8 Å². The Kier molecular flexibility index (Phi) is 9.98. The smallest absolute Gasteiger partial charge is 0.321 e. The Balaban J connectivity index is 1.92. The highest BCUT2D eigenvalue weighted by atomic mass is 16.6. The molecule has 0 radical (unpaired) electrons. The average molecular weight is 499 g/mol. The van der Waals surface area contributed by atoms with Crippen LogP contribution in [0.25, 0.3) is 0 Å². The first-order valence-corrected chi connectivity index (χ1v) is 12.7. The Labute approximate surface area is 213 Å². The largest absolute Gasteiger partial charge is 0.480 e. The predicted octanol–water partition coefficient (Wildman–Crippen LogP) is 4.55. The molecule has 36 heavy (non-hydrogen) atoms. The Morgan fingerprint density at radius 2 is 1.47 bits per heavy atom. The second-order valence-electron chi connectivity index (χ2n) is 10.0. The summed E-state index contributed by atoms with van der Waals surface area (Å²) in [6, 6.07) is 16.1. The highest BCUT2D eigenvalue weighted by Gasteiger charge is 2.60. The lowest BCUT2D eigenvalue weighted by molar-refractivity contribution is -0.536. The molecule has 1 saturated heterocycles. The summed E-state index contributed by atoms with van der Waals surface area (Å²) in [5, 5.41) is 25.8. The van der Waals surface area contributed by atoms with Gasteiger partial charge >= 0.3 is 5.97 Å². The van der Waals surface area contributed by atoms with Crippen LogP contribution >= 0.6 is 0 Å². The van der Waals surface area contributed by atoms with Gasteiger partial charge in [0.25, 0.3) is 0 Å². The number of nitrogens with one attached hydrogen (secondary N) is 1. The van der Waals surface area contributed by atoms with Crippen molar-refractivity contribution in [1.29, 1.82) is 0 Å². The fraction of sp³-hybridized carbons (Fsp3) is 0.536. The molecule has 2 aromatic carbocycles. The molecule has 0 aliphatic carbocycles. The third-order valence-corrected chi connectivity index (χ3v) is 7.19. The maximum absolute atomic E-state index is 12.5. The highest BCUT2D eigenvalue weighted by molar-refractivity contribution is 5.75. The molecule has 2 aromatic rings. The van der Waals surface area contributed by atoms with Gasteiger partial charge in [-0.3, -0.25) is 20.2 Å². The lowest BCUT2D eigenvalue weighted by Crippen LogP contribution is -2.51. The fourth-order valence-electron chi connectivity index (χ4n) is 5.17. The minimum Gasteiger partial charge on any atom is -0.480 e. The lowest BCUT2D eigenvalue weighted by atomic mass is 9.80. The van der Waals surface area contributed by atoms with Crippen LogP contribution < -0.4 is 5.32 Å². The van der Waals surface area contributed by atoms with E-state index in [-0.39, 0.29) is 30.0 Å². The van der Waals surface area contributed by atoms with Crippen molar-refractivity contribution in [3.63, 3.8) is 0 Å². The molecule has 8 heteroatoms. The van der Waals surface area contributed by atoms with Crippen LogP contribution in [0.2, 0.25) is 0 Å². The zero-order valence-corrected chi connectivity index (χ0v) is 21.4. The van der Waals surface area contributed by atoms with Crippen molar-refractivity contribution in [2.45, 2.75) is 77.7 Å². The second kappa shape index (κ2) is 12.9. The number of carboxylic acids is 1. The molecule has 0 unspecified atom stereocenters. The van der Waals surface area contributed by atoms with Gasteiger partial charge < -0.3 is 14.6 Å². The van der Waals surface area contributed by atoms with Crippen molar-refractivity contribution < 1.29 is 24.3 Å². The molecule has 0 bridgehead atoms. The van der Waals surface area contributed by atoms with Crippen LogP contribution in [0.5, 0.6) is 0 Å². The Bertz CT molecular complexity index is 971. The Morgan fingerprint density at radius 3 is 1.89 bits per heavy atom. The van der Waals surface area contributed by atoms with E-state index in [0.29, 0.717) is 6.42 Å². The normalized spacial score (nSPS) is 24.4. The number of benzene rings is 2. The van der Waals surface area contributed by atoms with E-state index in [0.717, 1.165) is 11.1 Å². The number of ether oxygens (including phenoxy) is 2. The van der Waals surface area contributed by atoms with Gasteiger partial charge in [-0.25, -0.2) is 0 Å². The summed E-state index contributed by atoms with van der Waals surface area (Å²) < 4.78 is 12.5. The summed E-state index contributed by atoms with van der Waals surface area (Å²) >= 11 is 0. The molecule has 1 aliphatic heterocycles. The van der Waals surface area contributed by atoms with Gasteiger partial charge in [-0.15, -0.1) is 0 Å². The molecular weight excluding hydrogens is 460 g/mol. The van der Waals surface area contributed by atoms with Gasteiger partial charge in [0.1, 0.15) is 12.1 Å². The van der Waals surface area contributed by atoms with E-state index in [1.54, 1.807) is 0 Å². The number of rotatable bonds is 13. The molecule has 196 valence electrons. The first-order chi connectivity index (χ1) is 17.2. The summed E-state index contributed by atoms with van der Waals surface area (Å²) in [6.45, 7) is 8.37. The number of nitrogens with zero attached hydrogens (tertiary/aromatic N) is 1. The third kappa shape index (κ3) is 6.69. The summed E-state index contributed by atoms with van der Waals surface area (Å²) in [5.41, 5.74) is 1.89. The van der Waals surface area contributed by atoms with Crippen molar-refractivity contribution in [2.75, 3.05) is 0 Å². The van der Waals surface area contributed by atoms with Gasteiger partial charge in [0.15, 0.2) is 0 Å². The first kappa shape index (κ1) is 27.8. The first-order valence-electron chi connectivity index (χ1n) is 12.7. The fourth-order valence-corrected chi connectivity index (χ4v) is 5.17. The molecule has 1 heterocycles. The summed E-state index contributed by atoms with van der Waals surface area (Å²) in [5.74, 6) is -2.13. The van der Waals surface area contributed by atoms with Gasteiger partial charge in [-0.1, -0.05) is 94.8 Å². The van der Waals surface area contributed by atoms with Gasteiger partial charge in [0.05, 0.1) is 31.3 Å². The molecule has 0 amide bonds. The number of nitro groups is 1. The van der Waals surface area contributed by atoms with E-state index in [2.05, 4.69) is 5.32 Å². The van der Waals surface area contributed by atoms with Gasteiger partial charge in [0, 0.05) is 4.92 Å². The molecule has 1 fully saturated rings. The quantitative estimate of drug-likeness (QED) is 0.308. The molecule has 7 atom stereocenters. The number of hydrogen-bond donors (Lipinski definition) is 2. The van der Waals surface area contributed by atoms with Crippen LogP contribution in [0.3, 0.4) is 0 Å². The van der Waals surface area contributed by atoms with E-state index in [4.69, 9.17) is 9.47 Å². The zero-order chi connectivity index (χ0) is 26.2. The van der Waals surface area contributed by atoms with E-state index < -0.39 is 42.2 Å². The van der Waals surface area contributed by atoms with Gasteiger partial charge in [-0.2, -0.15) is 0 Å². The summed E-state index contributed by atoms with van der Waals surface area (Å²) in [7, 11) is 0. The van der Waals surface area contributed by atoms with E-state index >= 15 is 0 Å². The topological polar surface area (TPSA) is 111 Å². The van der Waals surface area contributed by atoms with E-state index in [1.165, 1.54) is 0 Å². The van der Waals surface area contributed by atoms with E-state index in [1.807, 2.05) is 88.4 Å². The van der Waals surface area contributed by atoms with Crippen molar-refractivity contribution in [1.82, 2.24) is 5.32 Å². The SMILES string of the molecule is CC[C@H](C)[C@H](OCc1ccccc1)[C@H]1[C@H]([N+](=O)[O-])[C@@H]([C@@H](OCc2ccccc2)C(C)C)N[C@@H]1C(=O)O. The molecule has 2 N–H and O–H groups in total. The molecule has 8 nitrogen and oxygen atoms in total. The summed E-state index contributed by atoms with van der Waals surface area (Å²) in [6.07, 6.45) is -0.472. The number of carbonyl (C=O) groups is 1. The van der Waals surface area contributed by atoms with Crippen molar-refractivity contribution >= 4 is 5.97 Å². The van der Waals surface area contributed by atoms with Crippen LogP contribution in [0.1, 0.15) is 45.2 Å². The zero-order valence-electron chi connectivity index (χ0n) is 21.4. The number of hydrogen-bond acceptors (Lipinski definition) is 6. The number of aliphatic carboxylic acids is 1. The standard InChI is InChI=1S/C28H38N2O6/c1-5-19(4)27(36-17-21-14-10-7-11-15-21)22-23(28(31)32)29-24(25(22)30(33)34)26(18(2)3)35-16-20-12-8-6-9-13-20/h6-15,18-19,22-27,29H,5,16-17H2,1-4H3,(H,31,32)/t19-,22+,23-,24-,25-,26-,27-/m0/s1. The minimum absolute atomic E-state index is 0.0749. The van der Waals surface area contributed by atoms with Crippen LogP contribution in [0.15, 0.2) is 60.7 Å². The molecule has 1 aliphatic rings. The Morgan fingerprint density at radius 1 is 0.972 bits per heavy atom. The molecule has 3 rings (SSSR count). The molecule has 0 aromatic heterocycles. The van der Waals surface area contributed by atoms with Crippen LogP contribution in [0.4, 0.5) is 0 Å². The van der Waals surface area contributed by atoms with Crippen LogP contribution in [-0.4, -0.2) is 46.3 Å². The molecular formula is C28H38N2O6. The molecule has 0 spiro atoms. The second-order valence-corrected chi connectivity index (χ2v) is 10.0. The van der Waals surface area contributed by atoms with Crippen LogP contribution in [-0.2, 0) is 27.5 Å². The molecule has 0 saturated carbocycles.